The average Bonchev–Trinajstić information content (AvgIpc) is 2.67. The van der Waals surface area contributed by atoms with Crippen molar-refractivity contribution in [1.82, 2.24) is 15.0 Å². The molecular weight excluding hydrogens is 197 g/mol. The van der Waals surface area contributed by atoms with E-state index in [0.29, 0.717) is 18.0 Å². The fraction of sp³-hybridized carbons (Fsp3) is 0.200. The van der Waals surface area contributed by atoms with E-state index in [2.05, 4.69) is 10.3 Å². The molecule has 0 saturated carbocycles. The number of ether oxygens (including phenoxy) is 1. The van der Waals surface area contributed by atoms with Gasteiger partial charge in [0.05, 0.1) is 18.5 Å². The summed E-state index contributed by atoms with van der Waals surface area (Å²) in [4.78, 5) is 0. The molecule has 0 aliphatic carbocycles. The maximum absolute atomic E-state index is 13.4. The van der Waals surface area contributed by atoms with E-state index in [1.165, 1.54) is 10.7 Å². The molecule has 2 rings (SSSR count). The summed E-state index contributed by atoms with van der Waals surface area (Å²) in [5, 5.41) is 7.54. The van der Waals surface area contributed by atoms with E-state index in [1.807, 2.05) is 0 Å². The van der Waals surface area contributed by atoms with Crippen molar-refractivity contribution >= 4 is 0 Å². The highest BCUT2D eigenvalue weighted by Crippen LogP contribution is 2.13. The average molecular weight is 207 g/mol. The third-order valence-electron chi connectivity index (χ3n) is 1.99. The smallest absolute Gasteiger partial charge is 0.148 e. The fourth-order valence-corrected chi connectivity index (χ4v) is 1.33. The molecule has 4 nitrogen and oxygen atoms in total. The molecule has 2 aromatic rings. The van der Waals surface area contributed by atoms with E-state index >= 15 is 0 Å². The predicted molar refractivity (Wildman–Crippen MR) is 52.0 cm³/mol. The lowest BCUT2D eigenvalue weighted by atomic mass is 10.3. The van der Waals surface area contributed by atoms with Crippen LogP contribution in [0, 0.1) is 5.82 Å². The highest BCUT2D eigenvalue weighted by atomic mass is 19.1. The molecule has 5 heteroatoms. The van der Waals surface area contributed by atoms with Crippen molar-refractivity contribution in [2.75, 3.05) is 7.11 Å². The number of rotatable bonds is 3. The molecule has 1 aromatic carbocycles. The van der Waals surface area contributed by atoms with Crippen LogP contribution in [-0.2, 0) is 11.3 Å². The molecule has 15 heavy (non-hydrogen) atoms. The van der Waals surface area contributed by atoms with E-state index in [1.54, 1.807) is 31.5 Å². The van der Waals surface area contributed by atoms with Gasteiger partial charge in [-0.1, -0.05) is 17.3 Å². The first-order valence-electron chi connectivity index (χ1n) is 4.46. The zero-order valence-electron chi connectivity index (χ0n) is 8.22. The Kier molecular flexibility index (Phi) is 2.73. The lowest BCUT2D eigenvalue weighted by molar-refractivity contribution is 0.179. The molecule has 0 saturated heterocycles. The molecule has 1 heterocycles. The van der Waals surface area contributed by atoms with Gasteiger partial charge in [-0.05, 0) is 12.1 Å². The quantitative estimate of drug-likeness (QED) is 0.766. The summed E-state index contributed by atoms with van der Waals surface area (Å²) in [6.07, 6.45) is 1.55. The van der Waals surface area contributed by atoms with Gasteiger partial charge in [0, 0.05) is 7.11 Å². The summed E-state index contributed by atoms with van der Waals surface area (Å²) >= 11 is 0. The number of para-hydroxylation sites is 1. The van der Waals surface area contributed by atoms with Gasteiger partial charge in [0.1, 0.15) is 11.5 Å². The minimum absolute atomic E-state index is 0.333. The summed E-state index contributed by atoms with van der Waals surface area (Å²) in [6.45, 7) is 0.349. The number of hydrogen-bond donors (Lipinski definition) is 0. The Morgan fingerprint density at radius 2 is 2.20 bits per heavy atom. The first kappa shape index (κ1) is 9.79. The van der Waals surface area contributed by atoms with Crippen LogP contribution < -0.4 is 0 Å². The molecule has 0 aliphatic rings. The van der Waals surface area contributed by atoms with Crippen LogP contribution in [-0.4, -0.2) is 22.1 Å². The van der Waals surface area contributed by atoms with E-state index in [0.717, 1.165) is 0 Å². The van der Waals surface area contributed by atoms with Gasteiger partial charge in [-0.15, -0.1) is 5.10 Å². The first-order chi connectivity index (χ1) is 7.33. The van der Waals surface area contributed by atoms with Crippen LogP contribution in [0.1, 0.15) is 5.69 Å². The molecule has 0 atom stereocenters. The highest BCUT2D eigenvalue weighted by molar-refractivity contribution is 5.33. The van der Waals surface area contributed by atoms with Crippen molar-refractivity contribution < 1.29 is 9.13 Å². The van der Waals surface area contributed by atoms with Crippen molar-refractivity contribution in [3.8, 4) is 5.69 Å². The predicted octanol–water partition coefficient (Wildman–Crippen LogP) is 1.55. The Balaban J connectivity index is 2.45. The zero-order valence-corrected chi connectivity index (χ0v) is 8.22. The number of benzene rings is 1. The number of nitrogens with zero attached hydrogens (tertiary/aromatic N) is 3. The zero-order chi connectivity index (χ0) is 10.7. The van der Waals surface area contributed by atoms with Gasteiger partial charge in [-0.25, -0.2) is 9.07 Å². The van der Waals surface area contributed by atoms with Crippen molar-refractivity contribution in [3.05, 3.63) is 42.0 Å². The molecule has 0 amide bonds. The standard InChI is InChI=1S/C10H10FN3O/c1-15-7-8-6-12-13-14(8)10-5-3-2-4-9(10)11/h2-6H,7H2,1H3. The van der Waals surface area contributed by atoms with Crippen molar-refractivity contribution in [2.45, 2.75) is 6.61 Å². The molecule has 0 bridgehead atoms. The minimum atomic E-state index is -0.333. The van der Waals surface area contributed by atoms with Gasteiger partial charge in [0.2, 0.25) is 0 Å². The number of aromatic nitrogens is 3. The van der Waals surface area contributed by atoms with Crippen LogP contribution >= 0.6 is 0 Å². The molecule has 78 valence electrons. The number of methoxy groups -OCH3 is 1. The maximum atomic E-state index is 13.4. The highest BCUT2D eigenvalue weighted by Gasteiger charge is 2.09. The molecule has 0 radical (unpaired) electrons. The topological polar surface area (TPSA) is 39.9 Å². The van der Waals surface area contributed by atoms with Crippen LogP contribution in [0.15, 0.2) is 30.5 Å². The Labute approximate surface area is 86.3 Å². The van der Waals surface area contributed by atoms with Gasteiger partial charge in [0.15, 0.2) is 0 Å². The molecule has 1 aromatic heterocycles. The van der Waals surface area contributed by atoms with Gasteiger partial charge >= 0.3 is 0 Å². The Morgan fingerprint density at radius 1 is 1.40 bits per heavy atom. The summed E-state index contributed by atoms with van der Waals surface area (Å²) < 4.78 is 19.8. The summed E-state index contributed by atoms with van der Waals surface area (Å²) in [6, 6.07) is 6.40. The van der Waals surface area contributed by atoms with Crippen LogP contribution in [0.5, 0.6) is 0 Å². The van der Waals surface area contributed by atoms with Gasteiger partial charge < -0.3 is 4.74 Å². The lowest BCUT2D eigenvalue weighted by Crippen LogP contribution is -2.05. The maximum Gasteiger partial charge on any atom is 0.148 e. The second-order valence-corrected chi connectivity index (χ2v) is 3.02. The third kappa shape index (κ3) is 1.87. The largest absolute Gasteiger partial charge is 0.378 e. The number of halogens is 1. The second kappa shape index (κ2) is 4.18. The molecular formula is C10H10FN3O. The monoisotopic (exact) mass is 207 g/mol. The van der Waals surface area contributed by atoms with Crippen LogP contribution in [0.25, 0.3) is 5.69 Å². The minimum Gasteiger partial charge on any atom is -0.378 e. The SMILES string of the molecule is COCc1cnnn1-c1ccccc1F. The molecule has 0 spiro atoms. The van der Waals surface area contributed by atoms with Gasteiger partial charge in [-0.2, -0.15) is 0 Å². The van der Waals surface area contributed by atoms with Crippen LogP contribution in [0.4, 0.5) is 4.39 Å². The van der Waals surface area contributed by atoms with Gasteiger partial charge in [-0.3, -0.25) is 0 Å². The Hall–Kier alpha value is -1.75. The normalized spacial score (nSPS) is 10.5. The van der Waals surface area contributed by atoms with E-state index in [-0.39, 0.29) is 5.82 Å². The van der Waals surface area contributed by atoms with Crippen LogP contribution in [0.2, 0.25) is 0 Å². The van der Waals surface area contributed by atoms with Crippen LogP contribution in [0.3, 0.4) is 0 Å². The lowest BCUT2D eigenvalue weighted by Gasteiger charge is -2.05. The van der Waals surface area contributed by atoms with Crippen molar-refractivity contribution in [2.24, 2.45) is 0 Å². The molecule has 0 unspecified atom stereocenters. The molecule has 0 N–H and O–H groups in total. The number of hydrogen-bond acceptors (Lipinski definition) is 3. The summed E-state index contributed by atoms with van der Waals surface area (Å²) in [5.74, 6) is -0.333. The second-order valence-electron chi connectivity index (χ2n) is 3.02. The Morgan fingerprint density at radius 3 is 2.93 bits per heavy atom. The summed E-state index contributed by atoms with van der Waals surface area (Å²) in [7, 11) is 1.57. The van der Waals surface area contributed by atoms with Crippen molar-refractivity contribution in [3.63, 3.8) is 0 Å². The summed E-state index contributed by atoms with van der Waals surface area (Å²) in [5.41, 5.74) is 1.09. The Bertz CT molecular complexity index is 455. The fourth-order valence-electron chi connectivity index (χ4n) is 1.33. The van der Waals surface area contributed by atoms with E-state index < -0.39 is 0 Å². The molecule has 0 fully saturated rings. The molecule has 0 aliphatic heterocycles. The third-order valence-corrected chi connectivity index (χ3v) is 1.99. The van der Waals surface area contributed by atoms with E-state index in [9.17, 15) is 4.39 Å². The van der Waals surface area contributed by atoms with Gasteiger partial charge in [0.25, 0.3) is 0 Å². The first-order valence-corrected chi connectivity index (χ1v) is 4.46. The van der Waals surface area contributed by atoms with Crippen molar-refractivity contribution in [1.29, 1.82) is 0 Å². The van der Waals surface area contributed by atoms with E-state index in [4.69, 9.17) is 4.74 Å².